The predicted molar refractivity (Wildman–Crippen MR) is 226 cm³/mol. The highest BCUT2D eigenvalue weighted by Crippen LogP contribution is 2.44. The number of hydrogen-bond acceptors (Lipinski definition) is 1. The first-order valence-corrected chi connectivity index (χ1v) is 19.0. The van der Waals surface area contributed by atoms with Gasteiger partial charge in [0.1, 0.15) is 11.6 Å². The Morgan fingerprint density at radius 1 is 0.350 bits per heavy atom. The number of alkyl halides is 6. The molecule has 9 heteroatoms. The molecule has 0 radical (unpaired) electrons. The zero-order chi connectivity index (χ0) is 41.3. The lowest BCUT2D eigenvalue weighted by atomic mass is 9.96. The summed E-state index contributed by atoms with van der Waals surface area (Å²) in [4.78, 5) is 0. The standard InChI is InChI=1S/C51H29F6N3/c52-50(53,54)37-23-35(24-38(29-37)51(55,56)57)36-27-48(59-44-17-9-7-15-39(44)41-25-33(19-21-46(41)59)31-11-3-1-4-12-31)43(30-58)49(28-36)60-45-18-10-8-16-40(45)42-26-34(20-22-47(42)60)32-13-5-2-6-14-32/h1-29H. The summed E-state index contributed by atoms with van der Waals surface area (Å²) in [6, 6.07) is 53.9. The highest BCUT2D eigenvalue weighted by atomic mass is 19.4. The fourth-order valence-corrected chi connectivity index (χ4v) is 8.45. The molecule has 10 aromatic rings. The van der Waals surface area contributed by atoms with Crippen LogP contribution >= 0.6 is 0 Å². The molecule has 8 aromatic carbocycles. The number of hydrogen-bond donors (Lipinski definition) is 0. The highest BCUT2D eigenvalue weighted by molar-refractivity contribution is 6.12. The van der Waals surface area contributed by atoms with Crippen molar-refractivity contribution in [1.29, 1.82) is 5.26 Å². The summed E-state index contributed by atoms with van der Waals surface area (Å²) in [7, 11) is 0. The number of para-hydroxylation sites is 2. The summed E-state index contributed by atoms with van der Waals surface area (Å²) in [6.45, 7) is 0. The second kappa shape index (κ2) is 13.8. The topological polar surface area (TPSA) is 33.6 Å². The Morgan fingerprint density at radius 2 is 0.733 bits per heavy atom. The van der Waals surface area contributed by atoms with Crippen LogP contribution in [0.3, 0.4) is 0 Å². The first kappa shape index (κ1) is 36.7. The number of fused-ring (bicyclic) bond motifs is 6. The van der Waals surface area contributed by atoms with Crippen molar-refractivity contribution >= 4 is 43.6 Å². The first-order valence-electron chi connectivity index (χ1n) is 19.0. The summed E-state index contributed by atoms with van der Waals surface area (Å²) in [5.41, 5.74) is 4.33. The van der Waals surface area contributed by atoms with Crippen LogP contribution < -0.4 is 0 Å². The number of rotatable bonds is 5. The molecule has 60 heavy (non-hydrogen) atoms. The molecule has 0 unspecified atom stereocenters. The molecular formula is C51H29F6N3. The maximum Gasteiger partial charge on any atom is 0.416 e. The largest absolute Gasteiger partial charge is 0.416 e. The van der Waals surface area contributed by atoms with Crippen LogP contribution in [0.15, 0.2) is 176 Å². The lowest BCUT2D eigenvalue weighted by Crippen LogP contribution is -2.11. The SMILES string of the molecule is N#Cc1c(-n2c3ccccc3c3cc(-c4ccccc4)ccc32)cc(-c2cc(C(F)(F)F)cc(C(F)(F)F)c2)cc1-n1c2ccccc2c2cc(-c3ccccc3)ccc21. The Hall–Kier alpha value is -7.57. The van der Waals surface area contributed by atoms with E-state index >= 15 is 0 Å². The molecule has 290 valence electrons. The monoisotopic (exact) mass is 797 g/mol. The van der Waals surface area contributed by atoms with E-state index in [1.807, 2.05) is 143 Å². The average molecular weight is 798 g/mol. The van der Waals surface area contributed by atoms with Gasteiger partial charge in [0.15, 0.2) is 0 Å². The minimum absolute atomic E-state index is 0.0641. The van der Waals surface area contributed by atoms with Crippen molar-refractivity contribution < 1.29 is 26.3 Å². The van der Waals surface area contributed by atoms with Crippen LogP contribution in [0.1, 0.15) is 16.7 Å². The van der Waals surface area contributed by atoms with Crippen molar-refractivity contribution in [3.05, 3.63) is 193 Å². The summed E-state index contributed by atoms with van der Waals surface area (Å²) in [5.74, 6) is 0. The molecule has 0 fully saturated rings. The van der Waals surface area contributed by atoms with E-state index in [-0.39, 0.29) is 22.8 Å². The van der Waals surface area contributed by atoms with Crippen molar-refractivity contribution in [1.82, 2.24) is 9.13 Å². The number of aromatic nitrogens is 2. The van der Waals surface area contributed by atoms with Crippen LogP contribution in [0.4, 0.5) is 26.3 Å². The maximum atomic E-state index is 14.4. The molecule has 0 saturated heterocycles. The van der Waals surface area contributed by atoms with Crippen LogP contribution in [0.2, 0.25) is 0 Å². The van der Waals surface area contributed by atoms with Gasteiger partial charge in [0, 0.05) is 21.5 Å². The van der Waals surface area contributed by atoms with Gasteiger partial charge >= 0.3 is 12.4 Å². The molecule has 0 N–H and O–H groups in total. The van der Waals surface area contributed by atoms with Gasteiger partial charge in [-0.25, -0.2) is 0 Å². The maximum absolute atomic E-state index is 14.4. The Bertz CT molecular complexity index is 3140. The zero-order valence-electron chi connectivity index (χ0n) is 31.4. The summed E-state index contributed by atoms with van der Waals surface area (Å²) >= 11 is 0. The molecule has 0 bridgehead atoms. The van der Waals surface area contributed by atoms with Crippen LogP contribution in [0, 0.1) is 11.3 Å². The third-order valence-corrected chi connectivity index (χ3v) is 11.2. The van der Waals surface area contributed by atoms with Gasteiger partial charge in [-0.1, -0.05) is 109 Å². The molecule has 0 amide bonds. The minimum Gasteiger partial charge on any atom is -0.308 e. The third kappa shape index (κ3) is 6.07. The molecule has 2 heterocycles. The van der Waals surface area contributed by atoms with Gasteiger partial charge in [0.25, 0.3) is 0 Å². The Kier molecular flexibility index (Phi) is 8.44. The first-order chi connectivity index (χ1) is 29.0. The van der Waals surface area contributed by atoms with E-state index in [4.69, 9.17) is 0 Å². The van der Waals surface area contributed by atoms with E-state index in [1.165, 1.54) is 12.1 Å². The average Bonchev–Trinajstić information content (AvgIpc) is 3.78. The van der Waals surface area contributed by atoms with Crippen LogP contribution in [0.25, 0.3) is 88.4 Å². The number of halogens is 6. The molecule has 3 nitrogen and oxygen atoms in total. The molecule has 0 spiro atoms. The van der Waals surface area contributed by atoms with Gasteiger partial charge < -0.3 is 9.13 Å². The number of benzene rings is 8. The van der Waals surface area contributed by atoms with E-state index in [9.17, 15) is 31.6 Å². The van der Waals surface area contributed by atoms with Gasteiger partial charge in [-0.15, -0.1) is 0 Å². The van der Waals surface area contributed by atoms with Crippen molar-refractivity contribution in [3.63, 3.8) is 0 Å². The van der Waals surface area contributed by atoms with Crippen LogP contribution in [-0.4, -0.2) is 9.13 Å². The zero-order valence-corrected chi connectivity index (χ0v) is 31.4. The molecule has 0 saturated carbocycles. The van der Waals surface area contributed by atoms with E-state index < -0.39 is 23.5 Å². The quantitative estimate of drug-likeness (QED) is 0.160. The van der Waals surface area contributed by atoms with Crippen LogP contribution in [0.5, 0.6) is 0 Å². The van der Waals surface area contributed by atoms with Gasteiger partial charge in [-0.05, 0) is 100 Å². The fourth-order valence-electron chi connectivity index (χ4n) is 8.45. The predicted octanol–water partition coefficient (Wildman–Crippen LogP) is 14.8. The Labute approximate surface area is 339 Å². The van der Waals surface area contributed by atoms with Crippen molar-refractivity contribution in [3.8, 4) is 50.8 Å². The van der Waals surface area contributed by atoms with E-state index in [0.29, 0.717) is 33.4 Å². The Balaban J connectivity index is 1.33. The Morgan fingerprint density at radius 3 is 1.15 bits per heavy atom. The number of nitrogens with zero attached hydrogens (tertiary/aromatic N) is 3. The fraction of sp³-hybridized carbons (Fsp3) is 0.0392. The molecule has 0 atom stereocenters. The minimum atomic E-state index is -5.07. The molecule has 0 aliphatic carbocycles. The summed E-state index contributed by atoms with van der Waals surface area (Å²) in [6.07, 6.45) is -10.1. The van der Waals surface area contributed by atoms with E-state index in [0.717, 1.165) is 55.9 Å². The molecule has 10 rings (SSSR count). The normalized spacial score (nSPS) is 12.2. The van der Waals surface area contributed by atoms with E-state index in [1.54, 1.807) is 0 Å². The third-order valence-electron chi connectivity index (χ3n) is 11.2. The summed E-state index contributed by atoms with van der Waals surface area (Å²) in [5, 5.41) is 14.7. The van der Waals surface area contributed by atoms with Gasteiger partial charge in [-0.2, -0.15) is 31.6 Å². The lowest BCUT2D eigenvalue weighted by molar-refractivity contribution is -0.143. The van der Waals surface area contributed by atoms with Crippen LogP contribution in [-0.2, 0) is 12.4 Å². The van der Waals surface area contributed by atoms with Gasteiger partial charge in [0.2, 0.25) is 0 Å². The van der Waals surface area contributed by atoms with Gasteiger partial charge in [-0.3, -0.25) is 0 Å². The second-order valence-corrected chi connectivity index (χ2v) is 14.7. The molecule has 0 aliphatic rings. The highest BCUT2D eigenvalue weighted by Gasteiger charge is 2.37. The number of nitriles is 1. The smallest absolute Gasteiger partial charge is 0.308 e. The molecule has 2 aromatic heterocycles. The lowest BCUT2D eigenvalue weighted by Gasteiger charge is -2.20. The van der Waals surface area contributed by atoms with Crippen molar-refractivity contribution in [2.75, 3.05) is 0 Å². The van der Waals surface area contributed by atoms with E-state index in [2.05, 4.69) is 18.2 Å². The second-order valence-electron chi connectivity index (χ2n) is 14.7. The van der Waals surface area contributed by atoms with Gasteiger partial charge in [0.05, 0.1) is 44.6 Å². The molecule has 0 aliphatic heterocycles. The van der Waals surface area contributed by atoms with Crippen molar-refractivity contribution in [2.24, 2.45) is 0 Å². The molecular weight excluding hydrogens is 769 g/mol. The van der Waals surface area contributed by atoms with Crippen molar-refractivity contribution in [2.45, 2.75) is 12.4 Å². The summed E-state index contributed by atoms with van der Waals surface area (Å²) < 4.78 is 90.0.